The van der Waals surface area contributed by atoms with Crippen LogP contribution in [0.2, 0.25) is 0 Å². The molecule has 0 aromatic heterocycles. The van der Waals surface area contributed by atoms with Gasteiger partial charge in [0.2, 0.25) is 0 Å². The maximum atomic E-state index is 13.0. The van der Waals surface area contributed by atoms with Crippen molar-refractivity contribution in [1.29, 1.82) is 0 Å². The quantitative estimate of drug-likeness (QED) is 0.337. The fourth-order valence-electron chi connectivity index (χ4n) is 3.53. The Morgan fingerprint density at radius 1 is 0.919 bits per heavy atom. The molecule has 0 fully saturated rings. The molecule has 192 valence electrons. The van der Waals surface area contributed by atoms with Gasteiger partial charge in [-0.3, -0.25) is 14.1 Å². The molecule has 0 spiro atoms. The normalized spacial score (nSPS) is 16.3. The standard InChI is InChI=1S/C24H23N5O6S2/c1-15-4-7-18(8-5-15)28-36(31,32)22-14-19(9-6-16(22)2)25-26-23-17(3)27-29(24(23)30)20-10-12-21(13-11-20)37(33,34)35/h4-14,23,28H,1-3H3,(H,33,34,35). The van der Waals surface area contributed by atoms with Gasteiger partial charge in [-0.05, 0) is 74.9 Å². The highest BCUT2D eigenvalue weighted by molar-refractivity contribution is 7.92. The Morgan fingerprint density at radius 2 is 1.57 bits per heavy atom. The van der Waals surface area contributed by atoms with Crippen LogP contribution in [0.3, 0.4) is 0 Å². The van der Waals surface area contributed by atoms with E-state index in [2.05, 4.69) is 20.1 Å². The van der Waals surface area contributed by atoms with Crippen LogP contribution in [-0.4, -0.2) is 39.0 Å². The first-order valence-corrected chi connectivity index (χ1v) is 13.8. The molecule has 13 heteroatoms. The van der Waals surface area contributed by atoms with Crippen LogP contribution in [0.15, 0.2) is 91.9 Å². The predicted octanol–water partition coefficient (Wildman–Crippen LogP) is 4.23. The molecule has 11 nitrogen and oxygen atoms in total. The average Bonchev–Trinajstić information content (AvgIpc) is 3.12. The van der Waals surface area contributed by atoms with Gasteiger partial charge in [-0.25, -0.2) is 8.42 Å². The van der Waals surface area contributed by atoms with Crippen molar-refractivity contribution in [3.8, 4) is 0 Å². The molecule has 1 amide bonds. The van der Waals surface area contributed by atoms with Gasteiger partial charge in [0, 0.05) is 5.69 Å². The summed E-state index contributed by atoms with van der Waals surface area (Å²) in [5.41, 5.74) is 2.77. The van der Waals surface area contributed by atoms with Crippen LogP contribution < -0.4 is 9.73 Å². The number of hydrogen-bond donors (Lipinski definition) is 2. The summed E-state index contributed by atoms with van der Waals surface area (Å²) < 4.78 is 60.1. The largest absolute Gasteiger partial charge is 0.294 e. The first kappa shape index (κ1) is 26.1. The van der Waals surface area contributed by atoms with E-state index in [1.54, 1.807) is 50.2 Å². The zero-order chi connectivity index (χ0) is 27.0. The van der Waals surface area contributed by atoms with Crippen LogP contribution in [0.4, 0.5) is 17.1 Å². The summed E-state index contributed by atoms with van der Waals surface area (Å²) in [4.78, 5) is 12.6. The second-order valence-corrected chi connectivity index (χ2v) is 11.5. The number of amides is 1. The van der Waals surface area contributed by atoms with Gasteiger partial charge >= 0.3 is 0 Å². The summed E-state index contributed by atoms with van der Waals surface area (Å²) in [5.74, 6) is -0.526. The molecule has 0 radical (unpaired) electrons. The topological polar surface area (TPSA) is 158 Å². The lowest BCUT2D eigenvalue weighted by atomic mass is 10.2. The van der Waals surface area contributed by atoms with Crippen molar-refractivity contribution in [3.63, 3.8) is 0 Å². The Labute approximate surface area is 214 Å². The molecular formula is C24H23N5O6S2. The smallest absolute Gasteiger partial charge is 0.282 e. The Hall–Kier alpha value is -3.94. The minimum Gasteiger partial charge on any atom is -0.282 e. The van der Waals surface area contributed by atoms with E-state index in [0.29, 0.717) is 17.0 Å². The van der Waals surface area contributed by atoms with Gasteiger partial charge in [0.15, 0.2) is 6.04 Å². The van der Waals surface area contributed by atoms with E-state index in [1.807, 2.05) is 6.92 Å². The van der Waals surface area contributed by atoms with Gasteiger partial charge < -0.3 is 0 Å². The molecule has 37 heavy (non-hydrogen) atoms. The van der Waals surface area contributed by atoms with Crippen molar-refractivity contribution in [2.75, 3.05) is 9.73 Å². The number of hydrazone groups is 1. The Morgan fingerprint density at radius 3 is 2.19 bits per heavy atom. The van der Waals surface area contributed by atoms with E-state index in [0.717, 1.165) is 22.7 Å². The molecule has 1 aliphatic rings. The van der Waals surface area contributed by atoms with E-state index in [4.69, 9.17) is 4.55 Å². The number of nitrogens with one attached hydrogen (secondary N) is 1. The number of hydrogen-bond acceptors (Lipinski definition) is 8. The van der Waals surface area contributed by atoms with Gasteiger partial charge in [-0.2, -0.15) is 28.8 Å². The van der Waals surface area contributed by atoms with Crippen molar-refractivity contribution < 1.29 is 26.2 Å². The summed E-state index contributed by atoms with van der Waals surface area (Å²) in [7, 11) is -8.28. The Balaban J connectivity index is 1.54. The fraction of sp³-hybridized carbons (Fsp3) is 0.167. The molecule has 4 rings (SSSR count). The molecule has 1 unspecified atom stereocenters. The molecule has 0 saturated heterocycles. The predicted molar refractivity (Wildman–Crippen MR) is 138 cm³/mol. The third kappa shape index (κ3) is 5.74. The van der Waals surface area contributed by atoms with Gasteiger partial charge in [0.05, 0.1) is 26.9 Å². The number of azo groups is 1. The van der Waals surface area contributed by atoms with Crippen LogP contribution in [0, 0.1) is 13.8 Å². The highest BCUT2D eigenvalue weighted by atomic mass is 32.2. The molecule has 1 aliphatic heterocycles. The lowest BCUT2D eigenvalue weighted by molar-refractivity contribution is -0.117. The molecular weight excluding hydrogens is 518 g/mol. The van der Waals surface area contributed by atoms with E-state index in [9.17, 15) is 21.6 Å². The molecule has 0 bridgehead atoms. The zero-order valence-corrected chi connectivity index (χ0v) is 21.7. The molecule has 1 atom stereocenters. The van der Waals surface area contributed by atoms with Crippen molar-refractivity contribution >= 4 is 48.8 Å². The highest BCUT2D eigenvalue weighted by Gasteiger charge is 2.35. The van der Waals surface area contributed by atoms with Crippen LogP contribution in [0.25, 0.3) is 0 Å². The number of sulfonamides is 1. The first-order valence-electron chi connectivity index (χ1n) is 10.9. The number of carbonyl (C=O) groups excluding carboxylic acids is 1. The Bertz CT molecular complexity index is 1630. The molecule has 0 aliphatic carbocycles. The van der Waals surface area contributed by atoms with Gasteiger partial charge in [0.1, 0.15) is 0 Å². The van der Waals surface area contributed by atoms with Crippen LogP contribution in [-0.2, 0) is 24.9 Å². The third-order valence-electron chi connectivity index (χ3n) is 5.53. The molecule has 3 aromatic carbocycles. The summed E-state index contributed by atoms with van der Waals surface area (Å²) in [6, 6.07) is 15.4. The minimum atomic E-state index is -4.37. The van der Waals surface area contributed by atoms with Gasteiger partial charge in [0.25, 0.3) is 26.0 Å². The van der Waals surface area contributed by atoms with Crippen molar-refractivity contribution in [2.24, 2.45) is 15.3 Å². The van der Waals surface area contributed by atoms with E-state index >= 15 is 0 Å². The monoisotopic (exact) mass is 541 g/mol. The first-order chi connectivity index (χ1) is 17.3. The van der Waals surface area contributed by atoms with Crippen LogP contribution in [0.5, 0.6) is 0 Å². The van der Waals surface area contributed by atoms with Gasteiger partial charge in [-0.1, -0.05) is 23.8 Å². The lowest BCUT2D eigenvalue weighted by Gasteiger charge is -2.13. The zero-order valence-electron chi connectivity index (χ0n) is 20.0. The SMILES string of the molecule is CC1=NN(c2ccc(S(=O)(=O)O)cc2)C(=O)C1N=Nc1ccc(C)c(S(=O)(=O)Nc2ccc(C)cc2)c1. The van der Waals surface area contributed by atoms with E-state index in [1.165, 1.54) is 18.2 Å². The van der Waals surface area contributed by atoms with Crippen LogP contribution >= 0.6 is 0 Å². The second kappa shape index (κ2) is 9.84. The lowest BCUT2D eigenvalue weighted by Crippen LogP contribution is -2.29. The highest BCUT2D eigenvalue weighted by Crippen LogP contribution is 2.27. The number of nitrogens with zero attached hydrogens (tertiary/aromatic N) is 4. The molecule has 3 aromatic rings. The number of rotatable bonds is 7. The molecule has 2 N–H and O–H groups in total. The van der Waals surface area contributed by atoms with E-state index in [-0.39, 0.29) is 21.2 Å². The third-order valence-corrected chi connectivity index (χ3v) is 7.92. The average molecular weight is 542 g/mol. The van der Waals surface area contributed by atoms with Crippen molar-refractivity contribution in [1.82, 2.24) is 0 Å². The Kier molecular flexibility index (Phi) is 6.95. The van der Waals surface area contributed by atoms with Gasteiger partial charge in [-0.15, -0.1) is 0 Å². The van der Waals surface area contributed by atoms with E-state index < -0.39 is 32.1 Å². The fourth-order valence-corrected chi connectivity index (χ4v) is 5.33. The van der Waals surface area contributed by atoms with Crippen LogP contribution in [0.1, 0.15) is 18.1 Å². The summed E-state index contributed by atoms with van der Waals surface area (Å²) in [6.45, 7) is 5.15. The summed E-state index contributed by atoms with van der Waals surface area (Å²) in [6.07, 6.45) is 0. The number of benzene rings is 3. The maximum Gasteiger partial charge on any atom is 0.294 e. The summed E-state index contributed by atoms with van der Waals surface area (Å²) in [5, 5.41) is 13.4. The molecule has 1 heterocycles. The summed E-state index contributed by atoms with van der Waals surface area (Å²) >= 11 is 0. The van der Waals surface area contributed by atoms with Crippen molar-refractivity contribution in [3.05, 3.63) is 77.9 Å². The maximum absolute atomic E-state index is 13.0. The number of aryl methyl sites for hydroxylation is 2. The van der Waals surface area contributed by atoms with Crippen molar-refractivity contribution in [2.45, 2.75) is 36.6 Å². The minimum absolute atomic E-state index is 0.0215. The number of carbonyl (C=O) groups is 1. The number of anilines is 2. The second-order valence-electron chi connectivity index (χ2n) is 8.40. The molecule has 0 saturated carbocycles.